The van der Waals surface area contributed by atoms with E-state index in [1.165, 1.54) is 12.1 Å². The molecule has 1 atom stereocenters. The van der Waals surface area contributed by atoms with Gasteiger partial charge in [-0.2, -0.15) is 5.10 Å². The number of ether oxygens (including phenoxy) is 2. The highest BCUT2D eigenvalue weighted by Gasteiger charge is 2.23. The number of hydrogen-bond acceptors (Lipinski definition) is 5. The van der Waals surface area contributed by atoms with E-state index in [0.717, 1.165) is 35.5 Å². The van der Waals surface area contributed by atoms with Crippen LogP contribution in [0.15, 0.2) is 84.9 Å². The first-order valence-electron chi connectivity index (χ1n) is 12.2. The number of benzene rings is 3. The van der Waals surface area contributed by atoms with E-state index in [4.69, 9.17) is 14.6 Å². The largest absolute Gasteiger partial charge is 0.491 e. The van der Waals surface area contributed by atoms with Gasteiger partial charge in [0.05, 0.1) is 5.56 Å². The van der Waals surface area contributed by atoms with Gasteiger partial charge >= 0.3 is 0 Å². The van der Waals surface area contributed by atoms with Crippen molar-refractivity contribution >= 4 is 0 Å². The molecule has 0 amide bonds. The summed E-state index contributed by atoms with van der Waals surface area (Å²) >= 11 is 0. The Morgan fingerprint density at radius 1 is 0.944 bits per heavy atom. The third-order valence-corrected chi connectivity index (χ3v) is 5.74. The molecule has 7 heteroatoms. The van der Waals surface area contributed by atoms with E-state index < -0.39 is 6.10 Å². The molecule has 1 heterocycles. The van der Waals surface area contributed by atoms with Crippen molar-refractivity contribution in [3.8, 4) is 28.6 Å². The Hall–Kier alpha value is -3.68. The first kappa shape index (κ1) is 25.4. The van der Waals surface area contributed by atoms with Crippen LogP contribution in [0.2, 0.25) is 0 Å². The zero-order valence-electron chi connectivity index (χ0n) is 20.7. The number of halogens is 1. The highest BCUT2D eigenvalue weighted by molar-refractivity contribution is 5.65. The number of nitrogens with zero attached hydrogens (tertiary/aromatic N) is 3. The van der Waals surface area contributed by atoms with Crippen molar-refractivity contribution in [2.24, 2.45) is 7.05 Å². The second kappa shape index (κ2) is 12.3. The second-order valence-corrected chi connectivity index (χ2v) is 8.69. The van der Waals surface area contributed by atoms with E-state index in [9.17, 15) is 9.50 Å². The average Bonchev–Trinajstić information content (AvgIpc) is 3.20. The summed E-state index contributed by atoms with van der Waals surface area (Å²) in [5.41, 5.74) is 2.69. The third kappa shape index (κ3) is 6.71. The first-order chi connectivity index (χ1) is 17.5. The molecule has 0 saturated heterocycles. The summed E-state index contributed by atoms with van der Waals surface area (Å²) in [5.74, 6) is 1.51. The van der Waals surface area contributed by atoms with Crippen LogP contribution in [0.1, 0.15) is 18.9 Å². The first-order valence-corrected chi connectivity index (χ1v) is 12.2. The molecule has 0 fully saturated rings. The fourth-order valence-corrected chi connectivity index (χ4v) is 4.10. The molecule has 4 aromatic rings. The van der Waals surface area contributed by atoms with Crippen LogP contribution >= 0.6 is 0 Å². The fraction of sp³-hybridized carbons (Fsp3) is 0.276. The Labute approximate surface area is 211 Å². The normalized spacial score (nSPS) is 12.0. The van der Waals surface area contributed by atoms with Gasteiger partial charge in [-0.15, -0.1) is 0 Å². The number of para-hydroxylation sites is 1. The molecule has 0 radical (unpaired) electrons. The van der Waals surface area contributed by atoms with E-state index >= 15 is 0 Å². The van der Waals surface area contributed by atoms with Gasteiger partial charge in [0.15, 0.2) is 0 Å². The minimum atomic E-state index is -0.671. The molecule has 1 aromatic heterocycles. The maximum atomic E-state index is 13.4. The molecule has 3 aromatic carbocycles. The van der Waals surface area contributed by atoms with Gasteiger partial charge in [0.1, 0.15) is 35.7 Å². The molecule has 0 spiro atoms. The SMILES string of the molecule is CCCN(Cc1c(-c2ccccc2)nn(C)c1Oc1ccc(F)cc1)CC(O)COc1ccccc1. The average molecular weight is 490 g/mol. The minimum absolute atomic E-state index is 0.196. The summed E-state index contributed by atoms with van der Waals surface area (Å²) < 4.78 is 27.1. The Balaban J connectivity index is 1.58. The van der Waals surface area contributed by atoms with Gasteiger partial charge in [0.2, 0.25) is 5.88 Å². The quantitative estimate of drug-likeness (QED) is 0.278. The van der Waals surface area contributed by atoms with Crippen LogP contribution in [0.3, 0.4) is 0 Å². The lowest BCUT2D eigenvalue weighted by atomic mass is 10.1. The van der Waals surface area contributed by atoms with Crippen LogP contribution in [0.4, 0.5) is 4.39 Å². The molecular formula is C29H32FN3O3. The fourth-order valence-electron chi connectivity index (χ4n) is 4.10. The second-order valence-electron chi connectivity index (χ2n) is 8.69. The van der Waals surface area contributed by atoms with Crippen molar-refractivity contribution in [3.05, 3.63) is 96.3 Å². The zero-order valence-corrected chi connectivity index (χ0v) is 20.7. The van der Waals surface area contributed by atoms with Crippen molar-refractivity contribution in [1.82, 2.24) is 14.7 Å². The molecule has 4 rings (SSSR count). The van der Waals surface area contributed by atoms with Gasteiger partial charge in [0, 0.05) is 25.7 Å². The summed E-state index contributed by atoms with van der Waals surface area (Å²) in [7, 11) is 1.83. The van der Waals surface area contributed by atoms with Crippen molar-refractivity contribution in [2.75, 3.05) is 19.7 Å². The van der Waals surface area contributed by atoms with E-state index in [1.54, 1.807) is 16.8 Å². The summed E-state index contributed by atoms with van der Waals surface area (Å²) in [5, 5.41) is 15.5. The number of hydrogen-bond donors (Lipinski definition) is 1. The van der Waals surface area contributed by atoms with Crippen molar-refractivity contribution < 1.29 is 19.0 Å². The van der Waals surface area contributed by atoms with Crippen molar-refractivity contribution in [1.29, 1.82) is 0 Å². The summed E-state index contributed by atoms with van der Waals surface area (Å²) in [4.78, 5) is 2.18. The molecule has 6 nitrogen and oxygen atoms in total. The van der Waals surface area contributed by atoms with E-state index in [-0.39, 0.29) is 12.4 Å². The molecule has 1 unspecified atom stereocenters. The zero-order chi connectivity index (χ0) is 25.3. The number of aliphatic hydroxyl groups excluding tert-OH is 1. The maximum Gasteiger partial charge on any atom is 0.222 e. The highest BCUT2D eigenvalue weighted by Crippen LogP contribution is 2.34. The summed E-state index contributed by atoms with van der Waals surface area (Å²) in [6.45, 7) is 4.03. The van der Waals surface area contributed by atoms with Crippen LogP contribution in [0, 0.1) is 5.82 Å². The van der Waals surface area contributed by atoms with Gasteiger partial charge in [0.25, 0.3) is 0 Å². The van der Waals surface area contributed by atoms with Gasteiger partial charge in [-0.25, -0.2) is 9.07 Å². The van der Waals surface area contributed by atoms with Gasteiger partial charge in [-0.3, -0.25) is 4.90 Å². The van der Waals surface area contributed by atoms with E-state index in [1.807, 2.05) is 67.7 Å². The van der Waals surface area contributed by atoms with Gasteiger partial charge in [-0.05, 0) is 49.4 Å². The lowest BCUT2D eigenvalue weighted by Gasteiger charge is -2.25. The molecular weight excluding hydrogens is 457 g/mol. The summed E-state index contributed by atoms with van der Waals surface area (Å²) in [6.07, 6.45) is 0.247. The Morgan fingerprint density at radius 3 is 2.28 bits per heavy atom. The molecule has 0 aliphatic carbocycles. The maximum absolute atomic E-state index is 13.4. The molecule has 0 bridgehead atoms. The lowest BCUT2D eigenvalue weighted by Crippen LogP contribution is -2.36. The standard InChI is InChI=1S/C29H32FN3O3/c1-3-18-33(19-24(34)21-35-25-12-8-5-9-13-25)20-27-28(22-10-6-4-7-11-22)31-32(2)29(27)36-26-16-14-23(30)15-17-26/h4-17,24,34H,3,18-21H2,1-2H3. The number of aromatic nitrogens is 2. The third-order valence-electron chi connectivity index (χ3n) is 5.74. The van der Waals surface area contributed by atoms with Crippen LogP contribution in [-0.2, 0) is 13.6 Å². The lowest BCUT2D eigenvalue weighted by molar-refractivity contribution is 0.0654. The van der Waals surface area contributed by atoms with Crippen LogP contribution in [0.5, 0.6) is 17.4 Å². The van der Waals surface area contributed by atoms with Crippen molar-refractivity contribution in [2.45, 2.75) is 26.0 Å². The topological polar surface area (TPSA) is 59.8 Å². The number of aryl methyl sites for hydroxylation is 1. The molecule has 0 saturated carbocycles. The minimum Gasteiger partial charge on any atom is -0.491 e. The van der Waals surface area contributed by atoms with Crippen LogP contribution in [-0.4, -0.2) is 45.6 Å². The highest BCUT2D eigenvalue weighted by atomic mass is 19.1. The van der Waals surface area contributed by atoms with Gasteiger partial charge < -0.3 is 14.6 Å². The summed E-state index contributed by atoms with van der Waals surface area (Å²) in [6, 6.07) is 25.4. The molecule has 1 N–H and O–H groups in total. The molecule has 0 aliphatic rings. The van der Waals surface area contributed by atoms with Crippen LogP contribution in [0.25, 0.3) is 11.3 Å². The van der Waals surface area contributed by atoms with Crippen molar-refractivity contribution in [3.63, 3.8) is 0 Å². The predicted molar refractivity (Wildman–Crippen MR) is 139 cm³/mol. The van der Waals surface area contributed by atoms with E-state index in [0.29, 0.717) is 24.7 Å². The smallest absolute Gasteiger partial charge is 0.222 e. The monoisotopic (exact) mass is 489 g/mol. The number of rotatable bonds is 12. The molecule has 188 valence electrons. The van der Waals surface area contributed by atoms with Crippen LogP contribution < -0.4 is 9.47 Å². The molecule has 0 aliphatic heterocycles. The predicted octanol–water partition coefficient (Wildman–Crippen LogP) is 5.67. The number of aliphatic hydroxyl groups is 1. The Morgan fingerprint density at radius 2 is 1.61 bits per heavy atom. The van der Waals surface area contributed by atoms with E-state index in [2.05, 4.69) is 11.8 Å². The Kier molecular flexibility index (Phi) is 8.71. The molecule has 36 heavy (non-hydrogen) atoms. The Bertz CT molecular complexity index is 1210. The van der Waals surface area contributed by atoms with Gasteiger partial charge in [-0.1, -0.05) is 55.5 Å².